The molecule has 0 saturated heterocycles. The van der Waals surface area contributed by atoms with Gasteiger partial charge in [-0.25, -0.2) is 19.9 Å². The topological polar surface area (TPSA) is 100 Å². The van der Waals surface area contributed by atoms with Gasteiger partial charge in [0.2, 0.25) is 0 Å². The van der Waals surface area contributed by atoms with E-state index in [-0.39, 0.29) is 11.4 Å². The third kappa shape index (κ3) is 2.57. The van der Waals surface area contributed by atoms with Crippen LogP contribution in [0.3, 0.4) is 0 Å². The maximum Gasteiger partial charge on any atom is 0.343 e. The molecule has 0 amide bonds. The molecule has 0 fully saturated rings. The normalized spacial score (nSPS) is 10.2. The maximum absolute atomic E-state index is 11.5. The number of rotatable bonds is 4. The summed E-state index contributed by atoms with van der Waals surface area (Å²) in [6, 6.07) is 3.46. The largest absolute Gasteiger partial charge is 0.343 e. The van der Waals surface area contributed by atoms with Crippen LogP contribution in [0.1, 0.15) is 19.0 Å². The molecule has 7 nitrogen and oxygen atoms in total. The molecule has 0 aliphatic carbocycles. The molecule has 0 aliphatic rings. The van der Waals surface area contributed by atoms with Crippen molar-refractivity contribution in [2.75, 3.05) is 0 Å². The maximum atomic E-state index is 11.5. The highest BCUT2D eigenvalue weighted by molar-refractivity contribution is 7.99. The van der Waals surface area contributed by atoms with E-state index in [1.165, 1.54) is 16.8 Å². The molecular weight excluding hydrogens is 252 g/mol. The van der Waals surface area contributed by atoms with Crippen molar-refractivity contribution in [1.82, 2.24) is 24.7 Å². The van der Waals surface area contributed by atoms with Crippen molar-refractivity contribution < 1.29 is 0 Å². The van der Waals surface area contributed by atoms with Crippen molar-refractivity contribution >= 4 is 11.8 Å². The lowest BCUT2D eigenvalue weighted by Crippen LogP contribution is -2.17. The van der Waals surface area contributed by atoms with E-state index in [0.29, 0.717) is 16.9 Å². The van der Waals surface area contributed by atoms with E-state index in [4.69, 9.17) is 5.26 Å². The second-order valence-electron chi connectivity index (χ2n) is 3.40. The second kappa shape index (κ2) is 5.46. The fraction of sp³-hybridized carbons (Fsp3) is 0.300. The van der Waals surface area contributed by atoms with E-state index in [1.54, 1.807) is 0 Å². The van der Waals surface area contributed by atoms with Crippen LogP contribution in [-0.4, -0.2) is 24.7 Å². The molecule has 2 heterocycles. The molecule has 0 spiro atoms. The Labute approximate surface area is 107 Å². The summed E-state index contributed by atoms with van der Waals surface area (Å²) in [4.78, 5) is 19.5. The highest BCUT2D eigenvalue weighted by Gasteiger charge is 2.11. The van der Waals surface area contributed by atoms with Gasteiger partial charge in [-0.2, -0.15) is 5.26 Å². The molecule has 1 N–H and O–H groups in total. The Bertz CT molecular complexity index is 640. The first-order valence-electron chi connectivity index (χ1n) is 5.30. The summed E-state index contributed by atoms with van der Waals surface area (Å²) >= 11 is 1.15. The predicted molar refractivity (Wildman–Crippen MR) is 64.0 cm³/mol. The van der Waals surface area contributed by atoms with Crippen LogP contribution in [0.5, 0.6) is 0 Å². The molecule has 2 aromatic heterocycles. The van der Waals surface area contributed by atoms with Crippen LogP contribution in [0.2, 0.25) is 0 Å². The van der Waals surface area contributed by atoms with Gasteiger partial charge in [0.25, 0.3) is 0 Å². The van der Waals surface area contributed by atoms with Crippen LogP contribution < -0.4 is 5.69 Å². The van der Waals surface area contributed by atoms with Gasteiger partial charge in [0.05, 0.1) is 0 Å². The monoisotopic (exact) mass is 262 g/mol. The van der Waals surface area contributed by atoms with Crippen LogP contribution in [0, 0.1) is 11.3 Å². The van der Waals surface area contributed by atoms with Crippen LogP contribution in [-0.2, 0) is 6.54 Å². The van der Waals surface area contributed by atoms with E-state index in [9.17, 15) is 4.79 Å². The van der Waals surface area contributed by atoms with E-state index in [1.807, 2.05) is 13.0 Å². The summed E-state index contributed by atoms with van der Waals surface area (Å²) in [7, 11) is 0. The second-order valence-corrected chi connectivity index (χ2v) is 4.34. The summed E-state index contributed by atoms with van der Waals surface area (Å²) in [5.41, 5.74) is 0.0308. The standard InChI is InChI=1S/C10H10N6OS/c1-2-5-16-9(17)14-15-10(16)18-8-12-4-3-7(6-11)13-8/h3-4H,2,5H2,1H3,(H,14,17). The van der Waals surface area contributed by atoms with Crippen molar-refractivity contribution in [3.63, 3.8) is 0 Å². The van der Waals surface area contributed by atoms with Gasteiger partial charge in [-0.1, -0.05) is 6.92 Å². The third-order valence-electron chi connectivity index (χ3n) is 2.10. The molecule has 0 unspecified atom stereocenters. The van der Waals surface area contributed by atoms with Gasteiger partial charge in [-0.05, 0) is 24.2 Å². The highest BCUT2D eigenvalue weighted by Crippen LogP contribution is 2.20. The Hall–Kier alpha value is -2.14. The van der Waals surface area contributed by atoms with E-state index < -0.39 is 0 Å². The highest BCUT2D eigenvalue weighted by atomic mass is 32.2. The number of H-pyrrole nitrogens is 1. The Balaban J connectivity index is 2.28. The van der Waals surface area contributed by atoms with E-state index in [0.717, 1.165) is 18.2 Å². The molecular formula is C10H10N6OS. The van der Waals surface area contributed by atoms with Gasteiger partial charge in [0.15, 0.2) is 10.3 Å². The van der Waals surface area contributed by atoms with Crippen LogP contribution >= 0.6 is 11.8 Å². The fourth-order valence-electron chi connectivity index (χ4n) is 1.34. The zero-order chi connectivity index (χ0) is 13.0. The van der Waals surface area contributed by atoms with Gasteiger partial charge in [-0.15, -0.1) is 5.10 Å². The Morgan fingerprint density at radius 3 is 3.17 bits per heavy atom. The fourth-order valence-corrected chi connectivity index (χ4v) is 2.13. The number of nitrogens with zero attached hydrogens (tertiary/aromatic N) is 5. The number of hydrogen-bond acceptors (Lipinski definition) is 6. The minimum atomic E-state index is -0.254. The molecule has 0 atom stereocenters. The summed E-state index contributed by atoms with van der Waals surface area (Å²) in [5, 5.41) is 15.9. The van der Waals surface area contributed by atoms with Crippen molar-refractivity contribution in [3.05, 3.63) is 28.4 Å². The zero-order valence-corrected chi connectivity index (χ0v) is 10.4. The first kappa shape index (κ1) is 12.3. The van der Waals surface area contributed by atoms with Crippen molar-refractivity contribution in [2.24, 2.45) is 0 Å². The van der Waals surface area contributed by atoms with E-state index in [2.05, 4.69) is 20.2 Å². The minimum absolute atomic E-state index is 0.254. The number of aromatic nitrogens is 5. The molecule has 0 aromatic carbocycles. The Morgan fingerprint density at radius 1 is 1.61 bits per heavy atom. The number of aromatic amines is 1. The van der Waals surface area contributed by atoms with Crippen molar-refractivity contribution in [2.45, 2.75) is 30.2 Å². The summed E-state index contributed by atoms with van der Waals surface area (Å²) in [5.74, 6) is 0. The van der Waals surface area contributed by atoms with Crippen LogP contribution in [0.25, 0.3) is 0 Å². The molecule has 0 saturated carbocycles. The first-order chi connectivity index (χ1) is 8.74. The summed E-state index contributed by atoms with van der Waals surface area (Å²) in [6.45, 7) is 2.55. The molecule has 2 rings (SSSR count). The Kier molecular flexibility index (Phi) is 3.74. The molecule has 0 bridgehead atoms. The lowest BCUT2D eigenvalue weighted by atomic mass is 10.5. The first-order valence-corrected chi connectivity index (χ1v) is 6.12. The average Bonchev–Trinajstić information content (AvgIpc) is 2.72. The molecule has 0 radical (unpaired) electrons. The average molecular weight is 262 g/mol. The SMILES string of the molecule is CCCn1c(Sc2nccc(C#N)n2)n[nH]c1=O. The molecule has 0 aliphatic heterocycles. The van der Waals surface area contributed by atoms with Gasteiger partial charge in [0.1, 0.15) is 11.8 Å². The minimum Gasteiger partial charge on any atom is -0.270 e. The van der Waals surface area contributed by atoms with Gasteiger partial charge < -0.3 is 0 Å². The third-order valence-corrected chi connectivity index (χ3v) is 2.97. The number of hydrogen-bond donors (Lipinski definition) is 1. The predicted octanol–water partition coefficient (Wildman–Crippen LogP) is 0.794. The number of nitriles is 1. The van der Waals surface area contributed by atoms with Crippen LogP contribution in [0.4, 0.5) is 0 Å². The van der Waals surface area contributed by atoms with Crippen LogP contribution in [0.15, 0.2) is 27.4 Å². The summed E-state index contributed by atoms with van der Waals surface area (Å²) < 4.78 is 1.52. The quantitative estimate of drug-likeness (QED) is 0.818. The van der Waals surface area contributed by atoms with Crippen molar-refractivity contribution in [1.29, 1.82) is 5.26 Å². The van der Waals surface area contributed by atoms with Gasteiger partial charge in [0, 0.05) is 12.7 Å². The van der Waals surface area contributed by atoms with Gasteiger partial charge >= 0.3 is 5.69 Å². The smallest absolute Gasteiger partial charge is 0.270 e. The zero-order valence-electron chi connectivity index (χ0n) is 9.62. The van der Waals surface area contributed by atoms with Gasteiger partial charge in [-0.3, -0.25) is 4.57 Å². The lowest BCUT2D eigenvalue weighted by Gasteiger charge is -2.02. The lowest BCUT2D eigenvalue weighted by molar-refractivity contribution is 0.603. The van der Waals surface area contributed by atoms with Crippen molar-refractivity contribution in [3.8, 4) is 6.07 Å². The summed E-state index contributed by atoms with van der Waals surface area (Å²) in [6.07, 6.45) is 2.33. The molecule has 18 heavy (non-hydrogen) atoms. The van der Waals surface area contributed by atoms with E-state index >= 15 is 0 Å². The molecule has 2 aromatic rings. The molecule has 8 heteroatoms. The number of nitrogens with one attached hydrogen (secondary N) is 1. The molecule has 92 valence electrons. The Morgan fingerprint density at radius 2 is 2.44 bits per heavy atom.